The molecule has 1 amide bonds. The van der Waals surface area contributed by atoms with Gasteiger partial charge in [-0.25, -0.2) is 0 Å². The van der Waals surface area contributed by atoms with Gasteiger partial charge in [0.2, 0.25) is 0 Å². The summed E-state index contributed by atoms with van der Waals surface area (Å²) in [4.78, 5) is 12.3. The number of fused-ring (bicyclic) bond motifs is 1. The van der Waals surface area contributed by atoms with Crippen molar-refractivity contribution in [3.8, 4) is 0 Å². The number of benzene rings is 1. The van der Waals surface area contributed by atoms with Crippen molar-refractivity contribution < 1.29 is 9.53 Å². The highest BCUT2D eigenvalue weighted by molar-refractivity contribution is 6.30. The molecule has 1 N–H and O–H groups in total. The molecule has 1 aromatic carbocycles. The summed E-state index contributed by atoms with van der Waals surface area (Å²) in [7, 11) is 0. The molecular weight excluding hydrogens is 262 g/mol. The lowest BCUT2D eigenvalue weighted by Gasteiger charge is -2.25. The van der Waals surface area contributed by atoms with E-state index in [2.05, 4.69) is 5.32 Å². The molecule has 4 heteroatoms. The maximum Gasteiger partial charge on any atom is 0.252 e. The lowest BCUT2D eigenvalue weighted by molar-refractivity contribution is -0.140. The Morgan fingerprint density at radius 3 is 3.11 bits per heavy atom. The smallest absolute Gasteiger partial charge is 0.252 e. The van der Waals surface area contributed by atoms with Crippen molar-refractivity contribution in [2.75, 3.05) is 6.61 Å². The summed E-state index contributed by atoms with van der Waals surface area (Å²) in [5, 5.41) is 3.89. The lowest BCUT2D eigenvalue weighted by atomic mass is 10.0. The van der Waals surface area contributed by atoms with Crippen molar-refractivity contribution in [3.63, 3.8) is 0 Å². The fraction of sp³-hybridized carbons (Fsp3) is 0.533. The van der Waals surface area contributed by atoms with Crippen molar-refractivity contribution in [1.29, 1.82) is 0 Å². The van der Waals surface area contributed by atoms with Crippen molar-refractivity contribution in [1.82, 2.24) is 5.32 Å². The summed E-state index contributed by atoms with van der Waals surface area (Å²) in [5.41, 5.74) is 1.80. The zero-order valence-corrected chi connectivity index (χ0v) is 11.8. The molecule has 0 aromatic heterocycles. The van der Waals surface area contributed by atoms with Gasteiger partial charge >= 0.3 is 0 Å². The van der Waals surface area contributed by atoms with Crippen LogP contribution in [0.2, 0.25) is 5.02 Å². The maximum absolute atomic E-state index is 12.3. The van der Waals surface area contributed by atoms with Crippen LogP contribution in [0.4, 0.5) is 0 Å². The van der Waals surface area contributed by atoms with Crippen LogP contribution < -0.4 is 5.32 Å². The number of carbonyl (C=O) groups is 1. The summed E-state index contributed by atoms with van der Waals surface area (Å²) >= 11 is 6.00. The van der Waals surface area contributed by atoms with Gasteiger partial charge in [-0.1, -0.05) is 17.7 Å². The van der Waals surface area contributed by atoms with Gasteiger partial charge < -0.3 is 10.1 Å². The first-order valence-electron chi connectivity index (χ1n) is 6.82. The molecule has 1 saturated heterocycles. The van der Waals surface area contributed by atoms with Crippen LogP contribution >= 0.6 is 11.6 Å². The Hall–Kier alpha value is -1.06. The molecule has 0 saturated carbocycles. The van der Waals surface area contributed by atoms with E-state index in [-0.39, 0.29) is 11.9 Å². The van der Waals surface area contributed by atoms with Gasteiger partial charge in [-0.15, -0.1) is 0 Å². The number of aryl methyl sites for hydroxylation is 1. The van der Waals surface area contributed by atoms with Crippen LogP contribution in [0.5, 0.6) is 0 Å². The zero-order chi connectivity index (χ0) is 13.5. The fourth-order valence-electron chi connectivity index (χ4n) is 3.01. The first kappa shape index (κ1) is 12.9. The maximum atomic E-state index is 12.3. The molecule has 0 unspecified atom stereocenters. The molecule has 2 aliphatic rings. The molecule has 1 fully saturated rings. The minimum Gasteiger partial charge on any atom is -0.365 e. The molecule has 1 heterocycles. The minimum absolute atomic E-state index is 0.0119. The van der Waals surface area contributed by atoms with Crippen LogP contribution in [0.15, 0.2) is 18.2 Å². The Morgan fingerprint density at radius 2 is 2.37 bits per heavy atom. The van der Waals surface area contributed by atoms with Gasteiger partial charge in [0.1, 0.15) is 5.60 Å². The third kappa shape index (κ3) is 2.37. The normalized spacial score (nSPS) is 29.3. The molecule has 0 radical (unpaired) electrons. The second-order valence-corrected chi connectivity index (χ2v) is 6.03. The van der Waals surface area contributed by atoms with E-state index in [1.165, 1.54) is 11.1 Å². The number of rotatable bonds is 2. The summed E-state index contributed by atoms with van der Waals surface area (Å²) in [6.45, 7) is 2.56. The van der Waals surface area contributed by atoms with E-state index in [1.807, 2.05) is 25.1 Å². The van der Waals surface area contributed by atoms with Gasteiger partial charge in [0.25, 0.3) is 5.91 Å². The molecule has 0 spiro atoms. The summed E-state index contributed by atoms with van der Waals surface area (Å²) in [6.07, 6.45) is 3.68. The third-order valence-corrected chi connectivity index (χ3v) is 4.42. The first-order valence-corrected chi connectivity index (χ1v) is 7.19. The quantitative estimate of drug-likeness (QED) is 0.904. The van der Waals surface area contributed by atoms with Gasteiger partial charge in [0.05, 0.1) is 6.04 Å². The molecule has 1 aromatic rings. The summed E-state index contributed by atoms with van der Waals surface area (Å²) in [6, 6.07) is 6.00. The predicted octanol–water partition coefficient (Wildman–Crippen LogP) is 3.01. The summed E-state index contributed by atoms with van der Waals surface area (Å²) in [5.74, 6) is 0.0119. The number of ether oxygens (including phenoxy) is 1. The summed E-state index contributed by atoms with van der Waals surface area (Å²) < 4.78 is 5.59. The predicted molar refractivity (Wildman–Crippen MR) is 74.2 cm³/mol. The number of hydrogen-bond acceptors (Lipinski definition) is 2. The standard InChI is InChI=1S/C15H18ClNO2/c1-15(7-2-8-19-15)14(18)17-13-6-3-10-9-11(16)4-5-12(10)13/h4-5,9,13H,2-3,6-8H2,1H3,(H,17,18)/t13-,15-/m0/s1. The van der Waals surface area contributed by atoms with Gasteiger partial charge in [-0.05, 0) is 55.9 Å². The van der Waals surface area contributed by atoms with E-state index < -0.39 is 5.60 Å². The molecule has 102 valence electrons. The van der Waals surface area contributed by atoms with Crippen LogP contribution in [-0.4, -0.2) is 18.1 Å². The van der Waals surface area contributed by atoms with E-state index in [9.17, 15) is 4.79 Å². The van der Waals surface area contributed by atoms with Gasteiger partial charge in [0.15, 0.2) is 0 Å². The molecule has 3 rings (SSSR count). The Morgan fingerprint density at radius 1 is 1.53 bits per heavy atom. The fourth-order valence-corrected chi connectivity index (χ4v) is 3.20. The molecule has 1 aliphatic carbocycles. The van der Waals surface area contributed by atoms with Crippen LogP contribution in [-0.2, 0) is 16.0 Å². The monoisotopic (exact) mass is 279 g/mol. The molecule has 1 aliphatic heterocycles. The van der Waals surface area contributed by atoms with Crippen LogP contribution in [0, 0.1) is 0 Å². The van der Waals surface area contributed by atoms with E-state index in [1.54, 1.807) is 0 Å². The largest absolute Gasteiger partial charge is 0.365 e. The van der Waals surface area contributed by atoms with E-state index in [0.717, 1.165) is 30.7 Å². The van der Waals surface area contributed by atoms with Gasteiger partial charge in [0, 0.05) is 11.6 Å². The van der Waals surface area contributed by atoms with Gasteiger partial charge in [-0.3, -0.25) is 4.79 Å². The SMILES string of the molecule is C[C@@]1(C(=O)N[C@H]2CCc3cc(Cl)ccc32)CCCO1. The Balaban J connectivity index is 1.74. The van der Waals surface area contributed by atoms with Crippen molar-refractivity contribution in [2.45, 2.75) is 44.2 Å². The van der Waals surface area contributed by atoms with Crippen LogP contribution in [0.25, 0.3) is 0 Å². The Kier molecular flexibility index (Phi) is 3.27. The highest BCUT2D eigenvalue weighted by Crippen LogP contribution is 2.34. The number of carbonyl (C=O) groups excluding carboxylic acids is 1. The number of hydrogen-bond donors (Lipinski definition) is 1. The Labute approximate surface area is 118 Å². The number of amides is 1. The molecule has 3 nitrogen and oxygen atoms in total. The van der Waals surface area contributed by atoms with E-state index >= 15 is 0 Å². The van der Waals surface area contributed by atoms with E-state index in [4.69, 9.17) is 16.3 Å². The number of nitrogens with one attached hydrogen (secondary N) is 1. The zero-order valence-electron chi connectivity index (χ0n) is 11.0. The lowest BCUT2D eigenvalue weighted by Crippen LogP contribution is -2.45. The minimum atomic E-state index is -0.644. The number of halogens is 1. The molecule has 0 bridgehead atoms. The van der Waals surface area contributed by atoms with Crippen LogP contribution in [0.3, 0.4) is 0 Å². The Bertz CT molecular complexity index is 509. The molecule has 19 heavy (non-hydrogen) atoms. The average molecular weight is 280 g/mol. The second-order valence-electron chi connectivity index (χ2n) is 5.59. The van der Waals surface area contributed by atoms with Gasteiger partial charge in [-0.2, -0.15) is 0 Å². The van der Waals surface area contributed by atoms with Crippen molar-refractivity contribution in [2.24, 2.45) is 0 Å². The second kappa shape index (κ2) is 4.80. The van der Waals surface area contributed by atoms with Crippen molar-refractivity contribution in [3.05, 3.63) is 34.3 Å². The van der Waals surface area contributed by atoms with Crippen LogP contribution in [0.1, 0.15) is 43.4 Å². The highest BCUT2D eigenvalue weighted by atomic mass is 35.5. The van der Waals surface area contributed by atoms with E-state index in [0.29, 0.717) is 6.61 Å². The van der Waals surface area contributed by atoms with Crippen molar-refractivity contribution >= 4 is 17.5 Å². The third-order valence-electron chi connectivity index (χ3n) is 4.19. The first-order chi connectivity index (χ1) is 9.08. The topological polar surface area (TPSA) is 38.3 Å². The average Bonchev–Trinajstić information content (AvgIpc) is 2.97. The highest BCUT2D eigenvalue weighted by Gasteiger charge is 2.39. The molecule has 2 atom stereocenters. The molecular formula is C15H18ClNO2.